The zero-order valence-electron chi connectivity index (χ0n) is 12.5. The molecule has 18 heavy (non-hydrogen) atoms. The molecule has 0 N–H and O–H groups in total. The number of halogens is 1. The Morgan fingerprint density at radius 2 is 1.83 bits per heavy atom. The average Bonchev–Trinajstić information content (AvgIpc) is 2.40. The Morgan fingerprint density at radius 3 is 2.22 bits per heavy atom. The molecule has 0 saturated carbocycles. The third kappa shape index (κ3) is 5.44. The molecule has 1 nitrogen and oxygen atoms in total. The zero-order valence-corrected chi connectivity index (χ0v) is 12.5. The van der Waals surface area contributed by atoms with E-state index in [1.807, 2.05) is 46.8 Å². The van der Waals surface area contributed by atoms with E-state index in [1.54, 1.807) is 6.08 Å². The van der Waals surface area contributed by atoms with Crippen molar-refractivity contribution in [3.8, 4) is 0 Å². The molecule has 0 aliphatic rings. The lowest BCUT2D eigenvalue weighted by Gasteiger charge is -2.12. The average molecular weight is 251 g/mol. The molecule has 0 bridgehead atoms. The van der Waals surface area contributed by atoms with Gasteiger partial charge in [-0.25, -0.2) is 4.39 Å². The van der Waals surface area contributed by atoms with Crippen LogP contribution in [0.3, 0.4) is 0 Å². The van der Waals surface area contributed by atoms with Gasteiger partial charge in [-0.2, -0.15) is 0 Å². The van der Waals surface area contributed by atoms with Crippen molar-refractivity contribution in [1.29, 1.82) is 0 Å². The minimum atomic E-state index is -0.208. The molecule has 0 heterocycles. The number of rotatable bonds is 6. The molecule has 1 unspecified atom stereocenters. The van der Waals surface area contributed by atoms with Gasteiger partial charge in [0.1, 0.15) is 5.83 Å². The lowest BCUT2D eigenvalue weighted by Crippen LogP contribution is -2.11. The maximum atomic E-state index is 14.3. The fourth-order valence-electron chi connectivity index (χ4n) is 1.47. The monoisotopic (exact) mass is 251 g/mol. The van der Waals surface area contributed by atoms with E-state index < -0.39 is 0 Å². The van der Waals surface area contributed by atoms with Gasteiger partial charge in [-0.05, 0) is 45.3 Å². The summed E-state index contributed by atoms with van der Waals surface area (Å²) in [6, 6.07) is 0. The molecule has 0 rings (SSSR count). The Morgan fingerprint density at radius 1 is 1.22 bits per heavy atom. The number of nitrogens with zero attached hydrogens (tertiary/aromatic N) is 1. The summed E-state index contributed by atoms with van der Waals surface area (Å²) in [6.07, 6.45) is 7.16. The molecule has 0 aliphatic carbocycles. The normalized spacial score (nSPS) is 17.1. The molecule has 0 aromatic rings. The maximum absolute atomic E-state index is 14.3. The predicted molar refractivity (Wildman–Crippen MR) is 79.6 cm³/mol. The summed E-state index contributed by atoms with van der Waals surface area (Å²) in [5.41, 5.74) is 2.41. The van der Waals surface area contributed by atoms with Crippen LogP contribution in [0.5, 0.6) is 0 Å². The van der Waals surface area contributed by atoms with Crippen LogP contribution in [0.4, 0.5) is 4.39 Å². The van der Waals surface area contributed by atoms with Crippen LogP contribution in [0, 0.1) is 5.92 Å². The molecule has 0 radical (unpaired) electrons. The van der Waals surface area contributed by atoms with Gasteiger partial charge < -0.3 is 0 Å². The second kappa shape index (κ2) is 8.84. The van der Waals surface area contributed by atoms with Crippen molar-refractivity contribution in [1.82, 2.24) is 0 Å². The van der Waals surface area contributed by atoms with Gasteiger partial charge in [0, 0.05) is 11.6 Å². The SMILES string of the molecule is C\C=C(/C=C(F)\C(=N/C(C)=C\C)C(C)CC)CC. The van der Waals surface area contributed by atoms with Crippen molar-refractivity contribution in [2.45, 2.75) is 54.4 Å². The lowest BCUT2D eigenvalue weighted by molar-refractivity contribution is 0.643. The topological polar surface area (TPSA) is 12.4 Å². The van der Waals surface area contributed by atoms with Crippen LogP contribution in [0.15, 0.2) is 40.3 Å². The summed E-state index contributed by atoms with van der Waals surface area (Å²) in [4.78, 5) is 4.39. The molecule has 0 fully saturated rings. The molecule has 0 saturated heterocycles. The predicted octanol–water partition coefficient (Wildman–Crippen LogP) is 5.61. The van der Waals surface area contributed by atoms with Crippen LogP contribution in [-0.4, -0.2) is 5.71 Å². The lowest BCUT2D eigenvalue weighted by atomic mass is 10.00. The van der Waals surface area contributed by atoms with Gasteiger partial charge >= 0.3 is 0 Å². The Labute approximate surface area is 111 Å². The Balaban J connectivity index is 5.41. The zero-order chi connectivity index (χ0) is 14.1. The second-order valence-corrected chi connectivity index (χ2v) is 4.45. The molecule has 0 aliphatic heterocycles. The largest absolute Gasteiger partial charge is 0.255 e. The highest BCUT2D eigenvalue weighted by atomic mass is 19.1. The first-order chi connectivity index (χ1) is 8.49. The van der Waals surface area contributed by atoms with Gasteiger partial charge in [-0.3, -0.25) is 4.99 Å². The van der Waals surface area contributed by atoms with E-state index in [-0.39, 0.29) is 11.7 Å². The van der Waals surface area contributed by atoms with E-state index in [0.29, 0.717) is 5.71 Å². The molecular weight excluding hydrogens is 225 g/mol. The van der Waals surface area contributed by atoms with Crippen LogP contribution in [0.1, 0.15) is 54.4 Å². The molecule has 0 aromatic heterocycles. The number of allylic oxidation sites excluding steroid dienone is 6. The summed E-state index contributed by atoms with van der Waals surface area (Å²) < 4.78 is 14.3. The van der Waals surface area contributed by atoms with Crippen molar-refractivity contribution in [2.24, 2.45) is 10.9 Å². The highest BCUT2D eigenvalue weighted by Gasteiger charge is 2.14. The number of hydrogen-bond acceptors (Lipinski definition) is 1. The van der Waals surface area contributed by atoms with Crippen LogP contribution in [0.25, 0.3) is 0 Å². The minimum Gasteiger partial charge on any atom is -0.255 e. The summed E-state index contributed by atoms with van der Waals surface area (Å²) in [5, 5.41) is 0. The highest BCUT2D eigenvalue weighted by molar-refractivity contribution is 6.00. The first-order valence-corrected chi connectivity index (χ1v) is 6.74. The van der Waals surface area contributed by atoms with E-state index >= 15 is 0 Å². The quantitative estimate of drug-likeness (QED) is 0.430. The third-order valence-corrected chi connectivity index (χ3v) is 3.13. The van der Waals surface area contributed by atoms with E-state index in [1.165, 1.54) is 0 Å². The van der Waals surface area contributed by atoms with Crippen molar-refractivity contribution in [3.63, 3.8) is 0 Å². The van der Waals surface area contributed by atoms with Gasteiger partial charge in [-0.1, -0.05) is 32.9 Å². The molecule has 0 amide bonds. The van der Waals surface area contributed by atoms with E-state index in [9.17, 15) is 4.39 Å². The highest BCUT2D eigenvalue weighted by Crippen LogP contribution is 2.18. The first-order valence-electron chi connectivity index (χ1n) is 6.74. The molecular formula is C16H26FN. The number of aliphatic imine (C=N–C) groups is 1. The Bertz CT molecular complexity index is 373. The fourth-order valence-corrected chi connectivity index (χ4v) is 1.47. The summed E-state index contributed by atoms with van der Waals surface area (Å²) >= 11 is 0. The molecule has 1 atom stereocenters. The van der Waals surface area contributed by atoms with Crippen LogP contribution < -0.4 is 0 Å². The van der Waals surface area contributed by atoms with Gasteiger partial charge in [-0.15, -0.1) is 0 Å². The molecule has 2 heteroatoms. The minimum absolute atomic E-state index is 0.131. The smallest absolute Gasteiger partial charge is 0.145 e. The van der Waals surface area contributed by atoms with Crippen LogP contribution in [0.2, 0.25) is 0 Å². The van der Waals surface area contributed by atoms with Gasteiger partial charge in [0.25, 0.3) is 0 Å². The number of hydrogen-bond donors (Lipinski definition) is 0. The van der Waals surface area contributed by atoms with Crippen molar-refractivity contribution >= 4 is 5.71 Å². The van der Waals surface area contributed by atoms with E-state index in [4.69, 9.17) is 0 Å². The summed E-state index contributed by atoms with van der Waals surface area (Å²) in [7, 11) is 0. The molecule has 0 spiro atoms. The second-order valence-electron chi connectivity index (χ2n) is 4.45. The standard InChI is InChI=1S/C16H26FN/c1-7-12(5)16(18-13(6)8-2)15(17)11-14(9-3)10-4/h8-9,11-12H,7,10H2,1-6H3/b13-8-,14-9-,15-11+,18-16-. The third-order valence-electron chi connectivity index (χ3n) is 3.13. The van der Waals surface area contributed by atoms with Gasteiger partial charge in [0.05, 0.1) is 5.71 Å². The molecule has 102 valence electrons. The fraction of sp³-hybridized carbons (Fsp3) is 0.562. The molecule has 0 aromatic carbocycles. The van der Waals surface area contributed by atoms with E-state index in [0.717, 1.165) is 24.1 Å². The van der Waals surface area contributed by atoms with Gasteiger partial charge in [0.15, 0.2) is 0 Å². The van der Waals surface area contributed by atoms with Crippen LogP contribution >= 0.6 is 0 Å². The Hall–Kier alpha value is -1.18. The van der Waals surface area contributed by atoms with Crippen LogP contribution in [-0.2, 0) is 0 Å². The van der Waals surface area contributed by atoms with Crippen molar-refractivity contribution in [2.75, 3.05) is 0 Å². The maximum Gasteiger partial charge on any atom is 0.145 e. The van der Waals surface area contributed by atoms with Crippen molar-refractivity contribution < 1.29 is 4.39 Å². The first kappa shape index (κ1) is 16.8. The summed E-state index contributed by atoms with van der Waals surface area (Å²) in [5.74, 6) is -0.0772. The van der Waals surface area contributed by atoms with E-state index in [2.05, 4.69) is 11.9 Å². The van der Waals surface area contributed by atoms with Crippen molar-refractivity contribution in [3.05, 3.63) is 35.3 Å². The Kier molecular flexibility index (Phi) is 8.27. The van der Waals surface area contributed by atoms with Gasteiger partial charge in [0.2, 0.25) is 0 Å². The summed E-state index contributed by atoms with van der Waals surface area (Å²) in [6.45, 7) is 11.8.